The van der Waals surface area contributed by atoms with Gasteiger partial charge in [-0.2, -0.15) is 0 Å². The quantitative estimate of drug-likeness (QED) is 0.732. The first-order valence-corrected chi connectivity index (χ1v) is 9.49. The number of rotatable bonds is 2. The molecule has 2 aromatic rings. The van der Waals surface area contributed by atoms with Crippen molar-refractivity contribution in [3.8, 4) is 0 Å². The molecular weight excluding hydrogens is 335 g/mol. The van der Waals surface area contributed by atoms with Crippen molar-refractivity contribution in [3.63, 3.8) is 0 Å². The van der Waals surface area contributed by atoms with Crippen LogP contribution < -0.4 is 0 Å². The summed E-state index contributed by atoms with van der Waals surface area (Å²) in [5, 5.41) is 0. The topological polar surface area (TPSA) is 43.2 Å². The Balaban J connectivity index is 1.88. The summed E-state index contributed by atoms with van der Waals surface area (Å²) in [5.41, 5.74) is 4.12. The van der Waals surface area contributed by atoms with Gasteiger partial charge >= 0.3 is 6.69 Å². The number of aryl methyl sites for hydroxylation is 2. The van der Waals surface area contributed by atoms with Crippen LogP contribution in [-0.2, 0) is 9.31 Å². The van der Waals surface area contributed by atoms with Gasteiger partial charge in [0.25, 0.3) is 0 Å². The zero-order chi connectivity index (χ0) is 19.4. The van der Waals surface area contributed by atoms with E-state index in [4.69, 9.17) is 19.2 Å². The van der Waals surface area contributed by atoms with Gasteiger partial charge in [-0.05, 0) is 58.8 Å². The largest absolute Gasteiger partial charge is 0.538 e. The fraction of sp³-hybridized carbons (Fsp3) is 0.364. The van der Waals surface area contributed by atoms with E-state index in [-0.39, 0.29) is 0 Å². The molecule has 1 saturated heterocycles. The molecule has 0 aromatic heterocycles. The monoisotopic (exact) mass is 361 g/mol. The van der Waals surface area contributed by atoms with Gasteiger partial charge in [0.2, 0.25) is 0 Å². The zero-order valence-electron chi connectivity index (χ0n) is 16.9. The Morgan fingerprint density at radius 2 is 1.30 bits per heavy atom. The maximum atomic E-state index is 6.52. The lowest BCUT2D eigenvalue weighted by molar-refractivity contribution is 0.00578. The van der Waals surface area contributed by atoms with Crippen LogP contribution in [0.1, 0.15) is 49.9 Å². The van der Waals surface area contributed by atoms with Crippen molar-refractivity contribution in [2.75, 3.05) is 0 Å². The first-order chi connectivity index (χ1) is 12.6. The molecule has 0 aliphatic carbocycles. The van der Waals surface area contributed by atoms with Crippen LogP contribution in [0.2, 0.25) is 0 Å². The first-order valence-electron chi connectivity index (χ1n) is 9.49. The molecule has 0 saturated carbocycles. The Morgan fingerprint density at radius 3 is 1.85 bits per heavy atom. The Morgan fingerprint density at radius 1 is 0.778 bits per heavy atom. The summed E-state index contributed by atoms with van der Waals surface area (Å²) in [6, 6.07) is 16.5. The number of hydrogen-bond donors (Lipinski definition) is 0. The van der Waals surface area contributed by atoms with Gasteiger partial charge in [-0.15, -0.1) is 0 Å². The molecule has 0 unspecified atom stereocenters. The van der Waals surface area contributed by atoms with E-state index in [1.54, 1.807) is 0 Å². The second-order valence-corrected chi connectivity index (χ2v) is 8.62. The van der Waals surface area contributed by atoms with Crippen LogP contribution in [0.15, 0.2) is 58.4 Å². The van der Waals surface area contributed by atoms with Crippen molar-refractivity contribution in [3.05, 3.63) is 70.8 Å². The Hall–Kier alpha value is -2.24. The van der Waals surface area contributed by atoms with E-state index in [0.29, 0.717) is 5.84 Å². The summed E-state index contributed by atoms with van der Waals surface area (Å²) in [7, 11) is 0. The fourth-order valence-electron chi connectivity index (χ4n) is 3.72. The van der Waals surface area contributed by atoms with E-state index in [9.17, 15) is 0 Å². The van der Waals surface area contributed by atoms with Crippen molar-refractivity contribution in [1.82, 2.24) is 0 Å². The molecular formula is C22H26BN2O2-. The number of hydrogen-bond acceptors (Lipinski definition) is 4. The molecule has 1 fully saturated rings. The van der Waals surface area contributed by atoms with Gasteiger partial charge in [0.15, 0.2) is 0 Å². The first kappa shape index (κ1) is 18.1. The zero-order valence-corrected chi connectivity index (χ0v) is 16.9. The molecule has 2 aliphatic rings. The van der Waals surface area contributed by atoms with Crippen molar-refractivity contribution >= 4 is 18.1 Å². The van der Waals surface area contributed by atoms with Gasteiger partial charge in [0.05, 0.1) is 0 Å². The minimum atomic E-state index is -2.05. The van der Waals surface area contributed by atoms with Crippen molar-refractivity contribution in [1.29, 1.82) is 0 Å². The smallest absolute Gasteiger partial charge is 0.411 e. The summed E-state index contributed by atoms with van der Waals surface area (Å²) >= 11 is 0. The second-order valence-electron chi connectivity index (χ2n) is 8.62. The van der Waals surface area contributed by atoms with Crippen LogP contribution >= 0.6 is 0 Å². The predicted octanol–water partition coefficient (Wildman–Crippen LogP) is 4.64. The summed E-state index contributed by atoms with van der Waals surface area (Å²) in [6.45, 7) is 10.3. The van der Waals surface area contributed by atoms with Gasteiger partial charge in [-0.1, -0.05) is 53.6 Å². The average molecular weight is 361 g/mol. The van der Waals surface area contributed by atoms with Gasteiger partial charge in [-0.3, -0.25) is 4.99 Å². The van der Waals surface area contributed by atoms with Crippen LogP contribution in [-0.4, -0.2) is 29.3 Å². The summed E-state index contributed by atoms with van der Waals surface area (Å²) in [6.07, 6.45) is 0. The lowest BCUT2D eigenvalue weighted by Crippen LogP contribution is -2.45. The normalized spacial score (nSPS) is 22.0. The minimum Gasteiger partial charge on any atom is -0.538 e. The van der Waals surface area contributed by atoms with Crippen molar-refractivity contribution < 1.29 is 9.31 Å². The Labute approximate surface area is 161 Å². The number of amidine groups is 1. The molecule has 1 spiro atoms. The van der Waals surface area contributed by atoms with E-state index in [0.717, 1.165) is 16.7 Å². The summed E-state index contributed by atoms with van der Waals surface area (Å²) < 4.78 is 13.0. The number of benzene rings is 2. The predicted molar refractivity (Wildman–Crippen MR) is 112 cm³/mol. The van der Waals surface area contributed by atoms with Crippen LogP contribution in [0.5, 0.6) is 0 Å². The highest BCUT2D eigenvalue weighted by Crippen LogP contribution is 2.45. The van der Waals surface area contributed by atoms with Gasteiger partial charge < -0.3 is 14.2 Å². The highest BCUT2D eigenvalue weighted by atomic mass is 16.7. The van der Waals surface area contributed by atoms with Crippen molar-refractivity contribution in [2.24, 2.45) is 9.90 Å². The summed E-state index contributed by atoms with van der Waals surface area (Å²) in [4.78, 5) is 9.86. The Kier molecular flexibility index (Phi) is 3.95. The SMILES string of the molecule is Cc1cccc(C2=N[B-]3(OC(C)(C)C(C)(C)O3)C(c3cccc(C)c3)=N2)c1. The third kappa shape index (κ3) is 2.95. The molecule has 0 radical (unpaired) electrons. The van der Waals surface area contributed by atoms with Gasteiger partial charge in [0.1, 0.15) is 5.84 Å². The standard InChI is InChI=1S/C22H26BN2O2/c1-15-9-7-11-17(13-15)19-23(26-21(3,4)22(5,6)27-23)25-20(24-19)18-12-8-10-16(2)14-18/h7-14H,1-6H3/q-1. The molecule has 0 N–H and O–H groups in total. The molecule has 2 aliphatic heterocycles. The van der Waals surface area contributed by atoms with Crippen molar-refractivity contribution in [2.45, 2.75) is 52.7 Å². The van der Waals surface area contributed by atoms with Crippen LogP contribution in [0.3, 0.4) is 0 Å². The fourth-order valence-corrected chi connectivity index (χ4v) is 3.72. The molecule has 27 heavy (non-hydrogen) atoms. The maximum absolute atomic E-state index is 6.52. The minimum absolute atomic E-state index is 0.483. The van der Waals surface area contributed by atoms with Gasteiger partial charge in [0, 0.05) is 16.8 Å². The molecule has 2 heterocycles. The maximum Gasteiger partial charge on any atom is 0.411 e. The van der Waals surface area contributed by atoms with E-state index < -0.39 is 17.9 Å². The molecule has 0 bridgehead atoms. The van der Waals surface area contributed by atoms with E-state index in [2.05, 4.69) is 71.9 Å². The lowest BCUT2D eigenvalue weighted by Gasteiger charge is -2.36. The third-order valence-corrected chi connectivity index (χ3v) is 5.81. The molecule has 2 aromatic carbocycles. The highest BCUT2D eigenvalue weighted by molar-refractivity contribution is 7.02. The second kappa shape index (κ2) is 5.88. The molecule has 5 heteroatoms. The number of aliphatic imine (C=N–C) groups is 1. The molecule has 4 rings (SSSR count). The van der Waals surface area contributed by atoms with E-state index >= 15 is 0 Å². The highest BCUT2D eigenvalue weighted by Gasteiger charge is 2.56. The van der Waals surface area contributed by atoms with E-state index in [1.165, 1.54) is 11.1 Å². The third-order valence-electron chi connectivity index (χ3n) is 5.81. The van der Waals surface area contributed by atoms with Crippen LogP contribution in [0, 0.1) is 13.8 Å². The van der Waals surface area contributed by atoms with Crippen LogP contribution in [0.25, 0.3) is 0 Å². The number of nitrogens with zero attached hydrogens (tertiary/aromatic N) is 2. The average Bonchev–Trinajstić information content (AvgIpc) is 3.00. The molecule has 4 nitrogen and oxygen atoms in total. The van der Waals surface area contributed by atoms with Gasteiger partial charge in [-0.25, -0.2) is 0 Å². The molecule has 0 atom stereocenters. The van der Waals surface area contributed by atoms with Crippen LogP contribution in [0.4, 0.5) is 0 Å². The summed E-state index contributed by atoms with van der Waals surface area (Å²) in [5.74, 6) is 0.670. The molecule has 0 amide bonds. The lowest BCUT2D eigenvalue weighted by atomic mass is 9.64. The molecule has 140 valence electrons. The Bertz CT molecular complexity index is 960. The van der Waals surface area contributed by atoms with E-state index in [1.807, 2.05) is 18.2 Å².